The van der Waals surface area contributed by atoms with Crippen molar-refractivity contribution in [1.29, 1.82) is 0 Å². The molecule has 0 spiro atoms. The van der Waals surface area contributed by atoms with E-state index in [0.717, 1.165) is 16.6 Å². The number of nitrogens with one attached hydrogen (secondary N) is 5. The molecule has 13 heteroatoms. The Balaban J connectivity index is 2.02. The lowest BCUT2D eigenvalue weighted by Crippen LogP contribution is -2.58. The molecule has 2 aromatic rings. The Morgan fingerprint density at radius 2 is 1.70 bits per heavy atom. The number of carbonyl (C=O) groups excluding carboxylic acids is 4. The molecule has 0 aliphatic rings. The number of H-pyrrole nitrogens is 1. The molecule has 0 unspecified atom stereocenters. The average molecular weight is 677 g/mol. The van der Waals surface area contributed by atoms with Crippen molar-refractivity contribution in [3.05, 3.63) is 36.0 Å². The first kappa shape index (κ1) is 39.7. The van der Waals surface area contributed by atoms with Gasteiger partial charge in [0, 0.05) is 37.8 Å². The SMILES string of the molecule is CSCC[C@H](NC(=O)[C@@H](NC(=O)OC(C)(C)C)C(C)C)C(=O)N[C@@H](CC(C)C)[C@H](O)CN(C)C(=O)NCCc1cc2ccccc2[nH]1. The van der Waals surface area contributed by atoms with Crippen LogP contribution in [0.2, 0.25) is 0 Å². The Morgan fingerprint density at radius 1 is 1.02 bits per heavy atom. The van der Waals surface area contributed by atoms with Gasteiger partial charge >= 0.3 is 12.1 Å². The van der Waals surface area contributed by atoms with Gasteiger partial charge in [-0.2, -0.15) is 11.8 Å². The molecule has 5 amide bonds. The minimum atomic E-state index is -1.06. The van der Waals surface area contributed by atoms with E-state index in [0.29, 0.717) is 31.6 Å². The Hall–Kier alpha value is -3.45. The number of hydrogen-bond donors (Lipinski definition) is 6. The van der Waals surface area contributed by atoms with Crippen molar-refractivity contribution in [1.82, 2.24) is 31.2 Å². The Morgan fingerprint density at radius 3 is 2.30 bits per heavy atom. The van der Waals surface area contributed by atoms with Gasteiger partial charge in [0.2, 0.25) is 11.8 Å². The zero-order valence-corrected chi connectivity index (χ0v) is 30.3. The highest BCUT2D eigenvalue weighted by Crippen LogP contribution is 2.15. The van der Waals surface area contributed by atoms with Crippen molar-refractivity contribution < 1.29 is 29.0 Å². The molecule has 1 heterocycles. The molecule has 2 rings (SSSR count). The number of aliphatic hydroxyl groups is 1. The van der Waals surface area contributed by atoms with Gasteiger partial charge in [0.25, 0.3) is 0 Å². The zero-order valence-electron chi connectivity index (χ0n) is 29.4. The lowest BCUT2D eigenvalue weighted by molar-refractivity contribution is -0.131. The van der Waals surface area contributed by atoms with Crippen molar-refractivity contribution in [2.24, 2.45) is 11.8 Å². The summed E-state index contributed by atoms with van der Waals surface area (Å²) in [6, 6.07) is 7.21. The normalized spacial score (nSPS) is 14.3. The summed E-state index contributed by atoms with van der Waals surface area (Å²) in [7, 11) is 1.60. The van der Waals surface area contributed by atoms with E-state index in [-0.39, 0.29) is 24.4 Å². The van der Waals surface area contributed by atoms with Crippen LogP contribution >= 0.6 is 11.8 Å². The highest BCUT2D eigenvalue weighted by Gasteiger charge is 2.32. The van der Waals surface area contributed by atoms with Gasteiger partial charge in [-0.05, 0) is 75.0 Å². The minimum absolute atomic E-state index is 0.00699. The molecule has 0 radical (unpaired) electrons. The van der Waals surface area contributed by atoms with E-state index in [1.165, 1.54) is 16.7 Å². The van der Waals surface area contributed by atoms with E-state index in [9.17, 15) is 24.3 Å². The van der Waals surface area contributed by atoms with Gasteiger partial charge in [-0.3, -0.25) is 9.59 Å². The lowest BCUT2D eigenvalue weighted by atomic mass is 9.98. The standard InChI is InChI=1S/C34H56N6O6S/c1-21(2)18-27(28(41)20-40(8)32(44)35-16-14-24-19-23-12-10-11-13-25(23)36-24)38-30(42)26(15-17-47-9)37-31(43)29(22(3)4)39-33(45)46-34(5,6)7/h10-13,19,21-22,26-29,36,41H,14-18,20H2,1-9H3,(H,35,44)(H,37,43)(H,38,42)(H,39,45)/t26-,27-,28+,29-/m0/s1. The average Bonchev–Trinajstić information content (AvgIpc) is 3.38. The summed E-state index contributed by atoms with van der Waals surface area (Å²) in [4.78, 5) is 56.9. The smallest absolute Gasteiger partial charge is 0.408 e. The van der Waals surface area contributed by atoms with Crippen molar-refractivity contribution in [2.45, 2.75) is 97.6 Å². The Labute approximate surface area is 283 Å². The number of amides is 5. The number of likely N-dealkylation sites (N-methyl/N-ethyl adjacent to an activating group) is 1. The van der Waals surface area contributed by atoms with E-state index in [4.69, 9.17) is 4.74 Å². The van der Waals surface area contributed by atoms with Crippen LogP contribution in [0.15, 0.2) is 30.3 Å². The number of fused-ring (bicyclic) bond motifs is 1. The number of hydrogen-bond acceptors (Lipinski definition) is 7. The van der Waals surface area contributed by atoms with Crippen molar-refractivity contribution >= 4 is 46.6 Å². The maximum Gasteiger partial charge on any atom is 0.408 e. The maximum atomic E-state index is 13.6. The van der Waals surface area contributed by atoms with Gasteiger partial charge in [0.1, 0.15) is 17.7 Å². The molecule has 264 valence electrons. The summed E-state index contributed by atoms with van der Waals surface area (Å²) >= 11 is 1.54. The molecule has 0 fully saturated rings. The molecule has 1 aromatic heterocycles. The van der Waals surface area contributed by atoms with Crippen LogP contribution in [-0.2, 0) is 20.7 Å². The first-order chi connectivity index (χ1) is 22.0. The summed E-state index contributed by atoms with van der Waals surface area (Å²) < 4.78 is 5.33. The fraction of sp³-hybridized carbons (Fsp3) is 0.647. The Bertz CT molecular complexity index is 1280. The quantitative estimate of drug-likeness (QED) is 0.147. The fourth-order valence-corrected chi connectivity index (χ4v) is 5.51. The van der Waals surface area contributed by atoms with Crippen molar-refractivity contribution in [3.63, 3.8) is 0 Å². The molecule has 1 aromatic carbocycles. The van der Waals surface area contributed by atoms with Gasteiger partial charge in [-0.25, -0.2) is 9.59 Å². The van der Waals surface area contributed by atoms with Crippen LogP contribution in [0, 0.1) is 11.8 Å². The molecule has 6 N–H and O–H groups in total. The fourth-order valence-electron chi connectivity index (χ4n) is 5.04. The summed E-state index contributed by atoms with van der Waals surface area (Å²) in [6.07, 6.45) is 1.56. The topological polar surface area (TPSA) is 165 Å². The van der Waals surface area contributed by atoms with Gasteiger partial charge in [0.15, 0.2) is 0 Å². The van der Waals surface area contributed by atoms with E-state index in [2.05, 4.69) is 32.3 Å². The first-order valence-corrected chi connectivity index (χ1v) is 17.7. The molecular formula is C34H56N6O6S. The molecule has 0 saturated carbocycles. The summed E-state index contributed by atoms with van der Waals surface area (Å²) in [5.41, 5.74) is 1.32. The number of aromatic amines is 1. The number of para-hydroxylation sites is 1. The van der Waals surface area contributed by atoms with E-state index >= 15 is 0 Å². The molecule has 12 nitrogen and oxygen atoms in total. The van der Waals surface area contributed by atoms with Gasteiger partial charge in [-0.1, -0.05) is 45.9 Å². The second-order valence-electron chi connectivity index (χ2n) is 13.8. The number of rotatable bonds is 17. The number of ether oxygens (including phenoxy) is 1. The van der Waals surface area contributed by atoms with Crippen LogP contribution < -0.4 is 21.3 Å². The van der Waals surface area contributed by atoms with Crippen LogP contribution in [0.4, 0.5) is 9.59 Å². The maximum absolute atomic E-state index is 13.6. The number of benzene rings is 1. The summed E-state index contributed by atoms with van der Waals surface area (Å²) in [5.74, 6) is -0.484. The number of aliphatic hydroxyl groups excluding tert-OH is 1. The third-order valence-electron chi connectivity index (χ3n) is 7.45. The van der Waals surface area contributed by atoms with Crippen molar-refractivity contribution in [3.8, 4) is 0 Å². The van der Waals surface area contributed by atoms with Gasteiger partial charge in [-0.15, -0.1) is 0 Å². The third-order valence-corrected chi connectivity index (χ3v) is 8.09. The highest BCUT2D eigenvalue weighted by atomic mass is 32.2. The summed E-state index contributed by atoms with van der Waals surface area (Å²) in [5, 5.41) is 23.6. The van der Waals surface area contributed by atoms with Crippen LogP contribution in [0.5, 0.6) is 0 Å². The second-order valence-corrected chi connectivity index (χ2v) is 14.8. The van der Waals surface area contributed by atoms with Crippen LogP contribution in [-0.4, -0.2) is 101 Å². The number of alkyl carbamates (subject to hydrolysis) is 1. The van der Waals surface area contributed by atoms with Crippen LogP contribution in [0.3, 0.4) is 0 Å². The largest absolute Gasteiger partial charge is 0.444 e. The molecule has 0 saturated heterocycles. The summed E-state index contributed by atoms with van der Waals surface area (Å²) in [6.45, 7) is 13.2. The monoisotopic (exact) mass is 676 g/mol. The lowest BCUT2D eigenvalue weighted by Gasteiger charge is -2.31. The molecule has 0 aliphatic carbocycles. The van der Waals surface area contributed by atoms with Crippen LogP contribution in [0.1, 0.15) is 67.0 Å². The molecule has 0 bridgehead atoms. The van der Waals surface area contributed by atoms with Gasteiger partial charge in [0.05, 0.1) is 12.1 Å². The molecular weight excluding hydrogens is 620 g/mol. The second kappa shape index (κ2) is 18.8. The van der Waals surface area contributed by atoms with E-state index in [1.807, 2.05) is 44.4 Å². The molecule has 4 atom stereocenters. The first-order valence-electron chi connectivity index (χ1n) is 16.3. The highest BCUT2D eigenvalue weighted by molar-refractivity contribution is 7.98. The number of aromatic nitrogens is 1. The third kappa shape index (κ3) is 14.1. The van der Waals surface area contributed by atoms with Gasteiger partial charge < -0.3 is 41.0 Å². The number of urea groups is 1. The number of nitrogens with zero attached hydrogens (tertiary/aromatic N) is 1. The number of thioether (sulfide) groups is 1. The zero-order chi connectivity index (χ0) is 35.3. The van der Waals surface area contributed by atoms with Crippen molar-refractivity contribution in [2.75, 3.05) is 32.1 Å². The molecule has 47 heavy (non-hydrogen) atoms. The molecule has 0 aliphatic heterocycles. The number of carbonyl (C=O) groups is 4. The van der Waals surface area contributed by atoms with E-state index < -0.39 is 47.7 Å². The predicted octanol–water partition coefficient (Wildman–Crippen LogP) is 4.03. The predicted molar refractivity (Wildman–Crippen MR) is 188 cm³/mol. The van der Waals surface area contributed by atoms with E-state index in [1.54, 1.807) is 41.7 Å². The Kier molecular flexibility index (Phi) is 15.9. The minimum Gasteiger partial charge on any atom is -0.444 e. The van der Waals surface area contributed by atoms with Crippen LogP contribution in [0.25, 0.3) is 10.9 Å².